The van der Waals surface area contributed by atoms with Crippen LogP contribution in [0.3, 0.4) is 0 Å². The molecule has 2 saturated heterocycles. The van der Waals surface area contributed by atoms with E-state index < -0.39 is 0 Å². The fraction of sp³-hybridized carbons (Fsp3) is 0.600. The number of hydrogen-bond donors (Lipinski definition) is 1. The van der Waals surface area contributed by atoms with Crippen LogP contribution in [0.2, 0.25) is 0 Å². The topological polar surface area (TPSA) is 71.1 Å². The van der Waals surface area contributed by atoms with Gasteiger partial charge in [-0.2, -0.15) is 0 Å². The second kappa shape index (κ2) is 8.06. The first kappa shape index (κ1) is 19.3. The molecular weight excluding hydrogens is 346 g/mol. The van der Waals surface area contributed by atoms with Crippen LogP contribution in [-0.2, 0) is 4.79 Å². The van der Waals surface area contributed by atoms with E-state index in [9.17, 15) is 9.59 Å². The number of urea groups is 1. The Labute approximate surface area is 160 Å². The summed E-state index contributed by atoms with van der Waals surface area (Å²) >= 11 is 0. The van der Waals surface area contributed by atoms with Gasteiger partial charge in [0.15, 0.2) is 11.5 Å². The van der Waals surface area contributed by atoms with E-state index >= 15 is 0 Å². The quantitative estimate of drug-likeness (QED) is 0.878. The molecule has 2 aliphatic heterocycles. The molecule has 7 nitrogen and oxygen atoms in total. The summed E-state index contributed by atoms with van der Waals surface area (Å²) in [7, 11) is 3.14. The van der Waals surface area contributed by atoms with Gasteiger partial charge in [-0.05, 0) is 30.4 Å². The van der Waals surface area contributed by atoms with E-state index in [-0.39, 0.29) is 18.0 Å². The van der Waals surface area contributed by atoms with Crippen molar-refractivity contribution < 1.29 is 19.1 Å². The van der Waals surface area contributed by atoms with Crippen LogP contribution in [0.5, 0.6) is 11.5 Å². The van der Waals surface area contributed by atoms with E-state index in [2.05, 4.69) is 19.2 Å². The first-order valence-electron chi connectivity index (χ1n) is 9.49. The van der Waals surface area contributed by atoms with Crippen molar-refractivity contribution in [3.05, 3.63) is 18.2 Å². The lowest BCUT2D eigenvalue weighted by Gasteiger charge is -2.35. The van der Waals surface area contributed by atoms with E-state index in [1.165, 1.54) is 0 Å². The zero-order chi connectivity index (χ0) is 19.6. The Kier molecular flexibility index (Phi) is 5.77. The minimum absolute atomic E-state index is 0.00657. The van der Waals surface area contributed by atoms with Gasteiger partial charge in [0.05, 0.1) is 20.3 Å². The first-order valence-corrected chi connectivity index (χ1v) is 9.49. The van der Waals surface area contributed by atoms with Crippen molar-refractivity contribution in [1.82, 2.24) is 10.2 Å². The molecule has 1 aromatic rings. The number of rotatable bonds is 4. The molecular formula is C20H29N3O4. The highest BCUT2D eigenvalue weighted by Gasteiger charge is 2.34. The van der Waals surface area contributed by atoms with Crippen molar-refractivity contribution >= 4 is 17.6 Å². The van der Waals surface area contributed by atoms with Crippen molar-refractivity contribution in [2.75, 3.05) is 38.8 Å². The molecule has 2 heterocycles. The molecule has 1 N–H and O–H groups in total. The van der Waals surface area contributed by atoms with Gasteiger partial charge in [0.25, 0.3) is 0 Å². The van der Waals surface area contributed by atoms with Crippen molar-refractivity contribution in [1.29, 1.82) is 0 Å². The van der Waals surface area contributed by atoms with E-state index in [0.717, 1.165) is 25.2 Å². The highest BCUT2D eigenvalue weighted by atomic mass is 16.5. The van der Waals surface area contributed by atoms with Crippen LogP contribution in [0, 0.1) is 11.8 Å². The fourth-order valence-corrected chi connectivity index (χ4v) is 4.14. The van der Waals surface area contributed by atoms with Gasteiger partial charge in [0.2, 0.25) is 5.91 Å². The summed E-state index contributed by atoms with van der Waals surface area (Å²) in [4.78, 5) is 28.7. The lowest BCUT2D eigenvalue weighted by molar-refractivity contribution is -0.117. The number of nitrogens with one attached hydrogen (secondary N) is 1. The molecule has 7 heteroatoms. The van der Waals surface area contributed by atoms with Gasteiger partial charge in [-0.15, -0.1) is 0 Å². The Balaban J connectivity index is 1.64. The Bertz CT molecular complexity index is 698. The number of likely N-dealkylation sites (tertiary alicyclic amines) is 1. The van der Waals surface area contributed by atoms with Gasteiger partial charge in [0, 0.05) is 37.8 Å². The number of carbonyl (C=O) groups is 2. The SMILES string of the molecule is COc1ccc(N2C[C@H](NC(=O)N3C[C@H](C)C[C@H](C)C3)CC2=O)cc1OC. The lowest BCUT2D eigenvalue weighted by Crippen LogP contribution is -2.50. The number of anilines is 1. The molecule has 0 bridgehead atoms. The number of benzene rings is 1. The zero-order valence-electron chi connectivity index (χ0n) is 16.5. The summed E-state index contributed by atoms with van der Waals surface area (Å²) in [5.74, 6) is 2.20. The number of amides is 3. The van der Waals surface area contributed by atoms with Crippen molar-refractivity contribution in [2.45, 2.75) is 32.7 Å². The van der Waals surface area contributed by atoms with Crippen LogP contribution in [0.25, 0.3) is 0 Å². The van der Waals surface area contributed by atoms with Gasteiger partial charge in [-0.1, -0.05) is 13.8 Å². The van der Waals surface area contributed by atoms with Crippen LogP contribution in [0.4, 0.5) is 10.5 Å². The maximum absolute atomic E-state index is 12.6. The fourth-order valence-electron chi connectivity index (χ4n) is 4.14. The molecule has 0 radical (unpaired) electrons. The molecule has 3 amide bonds. The van der Waals surface area contributed by atoms with Gasteiger partial charge >= 0.3 is 6.03 Å². The van der Waals surface area contributed by atoms with Crippen LogP contribution >= 0.6 is 0 Å². The summed E-state index contributed by atoms with van der Waals surface area (Å²) in [5.41, 5.74) is 0.745. The van der Waals surface area contributed by atoms with E-state index in [4.69, 9.17) is 9.47 Å². The summed E-state index contributed by atoms with van der Waals surface area (Å²) in [6.45, 7) is 6.35. The second-order valence-electron chi connectivity index (χ2n) is 7.75. The van der Waals surface area contributed by atoms with Crippen LogP contribution in [0.1, 0.15) is 26.7 Å². The molecule has 3 rings (SSSR count). The van der Waals surface area contributed by atoms with Crippen LogP contribution in [-0.4, -0.2) is 56.7 Å². The third kappa shape index (κ3) is 4.28. The van der Waals surface area contributed by atoms with Gasteiger partial charge < -0.3 is 24.6 Å². The average Bonchev–Trinajstić information content (AvgIpc) is 3.00. The Morgan fingerprint density at radius 3 is 2.37 bits per heavy atom. The average molecular weight is 375 g/mol. The third-order valence-corrected chi connectivity index (χ3v) is 5.29. The number of hydrogen-bond acceptors (Lipinski definition) is 4. The highest BCUT2D eigenvalue weighted by molar-refractivity contribution is 5.97. The summed E-state index contributed by atoms with van der Waals surface area (Å²) in [5, 5.41) is 3.04. The van der Waals surface area contributed by atoms with Crippen molar-refractivity contribution in [2.24, 2.45) is 11.8 Å². The summed E-state index contributed by atoms with van der Waals surface area (Å²) in [6.07, 6.45) is 1.46. The molecule has 0 saturated carbocycles. The second-order valence-corrected chi connectivity index (χ2v) is 7.75. The van der Waals surface area contributed by atoms with E-state index in [0.29, 0.717) is 36.3 Å². The van der Waals surface area contributed by atoms with Gasteiger partial charge in [-0.3, -0.25) is 4.79 Å². The predicted octanol–water partition coefficient (Wildman–Crippen LogP) is 2.50. The van der Waals surface area contributed by atoms with Gasteiger partial charge in [0.1, 0.15) is 0 Å². The maximum atomic E-state index is 12.6. The number of piperidine rings is 1. The minimum atomic E-state index is -0.189. The molecule has 0 aromatic heterocycles. The lowest BCUT2D eigenvalue weighted by atomic mass is 9.92. The van der Waals surface area contributed by atoms with Crippen LogP contribution in [0.15, 0.2) is 18.2 Å². The maximum Gasteiger partial charge on any atom is 0.317 e. The van der Waals surface area contributed by atoms with Gasteiger partial charge in [-0.25, -0.2) is 4.79 Å². The highest BCUT2D eigenvalue weighted by Crippen LogP contribution is 2.33. The molecule has 27 heavy (non-hydrogen) atoms. The predicted molar refractivity (Wildman–Crippen MR) is 103 cm³/mol. The van der Waals surface area contributed by atoms with E-state index in [1.807, 2.05) is 11.0 Å². The summed E-state index contributed by atoms with van der Waals surface area (Å²) in [6, 6.07) is 5.14. The molecule has 148 valence electrons. The molecule has 0 spiro atoms. The smallest absolute Gasteiger partial charge is 0.317 e. The number of carbonyl (C=O) groups excluding carboxylic acids is 2. The number of methoxy groups -OCH3 is 2. The zero-order valence-corrected chi connectivity index (χ0v) is 16.5. The molecule has 3 atom stereocenters. The molecule has 2 fully saturated rings. The van der Waals surface area contributed by atoms with Crippen LogP contribution < -0.4 is 19.7 Å². The Morgan fingerprint density at radius 2 is 1.74 bits per heavy atom. The van der Waals surface area contributed by atoms with E-state index in [1.54, 1.807) is 31.3 Å². The van der Waals surface area contributed by atoms with Crippen molar-refractivity contribution in [3.63, 3.8) is 0 Å². The minimum Gasteiger partial charge on any atom is -0.493 e. The monoisotopic (exact) mass is 375 g/mol. The number of nitrogens with zero attached hydrogens (tertiary/aromatic N) is 2. The molecule has 0 unspecified atom stereocenters. The molecule has 2 aliphatic rings. The van der Waals surface area contributed by atoms with Crippen molar-refractivity contribution in [3.8, 4) is 11.5 Å². The Morgan fingerprint density at radius 1 is 1.07 bits per heavy atom. The number of ether oxygens (including phenoxy) is 2. The first-order chi connectivity index (χ1) is 12.9. The third-order valence-electron chi connectivity index (χ3n) is 5.29. The normalized spacial score (nSPS) is 25.5. The standard InChI is InChI=1S/C20H29N3O4/c1-13-7-14(2)11-22(10-13)20(25)21-15-8-19(24)23(12-15)16-5-6-17(26-3)18(9-16)27-4/h5-6,9,13-15H,7-8,10-12H2,1-4H3,(H,21,25)/t13-,14+,15-/m1/s1. The largest absolute Gasteiger partial charge is 0.493 e. The Hall–Kier alpha value is -2.44. The molecule has 0 aliphatic carbocycles. The summed E-state index contributed by atoms with van der Waals surface area (Å²) < 4.78 is 10.6. The molecule has 1 aromatic carbocycles.